The number of ketones is 1. The van der Waals surface area contributed by atoms with Gasteiger partial charge >= 0.3 is 0 Å². The molecule has 2 aliphatic rings. The fourth-order valence-corrected chi connectivity index (χ4v) is 5.83. The predicted octanol–water partition coefficient (Wildman–Crippen LogP) is 5.07. The van der Waals surface area contributed by atoms with Crippen LogP contribution in [-0.4, -0.2) is 47.9 Å². The molecule has 2 aromatic carbocycles. The van der Waals surface area contributed by atoms with E-state index in [-0.39, 0.29) is 11.6 Å². The fourth-order valence-electron chi connectivity index (χ4n) is 4.97. The van der Waals surface area contributed by atoms with Crippen LogP contribution in [-0.2, 0) is 0 Å². The van der Waals surface area contributed by atoms with Crippen molar-refractivity contribution >= 4 is 39.4 Å². The lowest BCUT2D eigenvalue weighted by atomic mass is 10.0. The van der Waals surface area contributed by atoms with E-state index in [1.165, 1.54) is 55.8 Å². The topological polar surface area (TPSA) is 74.5 Å². The number of aryl methyl sites for hydroxylation is 1. The molecule has 0 unspecified atom stereocenters. The number of carbonyl (C=O) groups excluding carboxylic acids is 1. The van der Waals surface area contributed by atoms with Gasteiger partial charge in [-0.05, 0) is 75.5 Å². The van der Waals surface area contributed by atoms with Crippen LogP contribution in [0.3, 0.4) is 0 Å². The van der Waals surface area contributed by atoms with Gasteiger partial charge in [-0.25, -0.2) is 4.98 Å². The molecule has 3 aromatic rings. The lowest BCUT2D eigenvalue weighted by Gasteiger charge is -2.37. The second kappa shape index (κ2) is 9.53. The molecule has 0 atom stereocenters. The van der Waals surface area contributed by atoms with Crippen molar-refractivity contribution in [1.82, 2.24) is 9.88 Å². The number of nitrogens with zero attached hydrogens (tertiary/aromatic N) is 3. The minimum Gasteiger partial charge on any atom is -0.382 e. The monoisotopic (exact) mass is 461 g/mol. The maximum Gasteiger partial charge on any atom is 0.207 e. The van der Waals surface area contributed by atoms with Gasteiger partial charge in [0, 0.05) is 36.1 Å². The molecule has 2 saturated heterocycles. The second-order valence-electron chi connectivity index (χ2n) is 9.01. The van der Waals surface area contributed by atoms with Gasteiger partial charge in [0.1, 0.15) is 10.7 Å². The number of nitrogens with two attached hydrogens (primary N) is 1. The summed E-state index contributed by atoms with van der Waals surface area (Å²) in [6.07, 6.45) is 5.22. The number of anilines is 4. The SMILES string of the molecule is Cc1ccccc1C(=O)c1sc(Nc2ccc(N3CCC(N4CCCC4)CC3)cc2)nc1N. The summed E-state index contributed by atoms with van der Waals surface area (Å²) in [6, 6.07) is 16.8. The van der Waals surface area contributed by atoms with Gasteiger partial charge in [0.05, 0.1) is 0 Å². The van der Waals surface area contributed by atoms with E-state index in [0.29, 0.717) is 15.6 Å². The molecule has 7 heteroatoms. The van der Waals surface area contributed by atoms with Crippen LogP contribution in [0.2, 0.25) is 0 Å². The normalized spacial score (nSPS) is 17.4. The molecule has 2 fully saturated rings. The van der Waals surface area contributed by atoms with Crippen LogP contribution in [0.1, 0.15) is 46.5 Å². The van der Waals surface area contributed by atoms with Gasteiger partial charge in [-0.3, -0.25) is 4.79 Å². The first-order valence-electron chi connectivity index (χ1n) is 11.8. The van der Waals surface area contributed by atoms with E-state index in [1.54, 1.807) is 0 Å². The Morgan fingerprint density at radius 3 is 2.42 bits per heavy atom. The van der Waals surface area contributed by atoms with Gasteiger partial charge in [-0.2, -0.15) is 0 Å². The van der Waals surface area contributed by atoms with E-state index < -0.39 is 0 Å². The predicted molar refractivity (Wildman–Crippen MR) is 137 cm³/mol. The van der Waals surface area contributed by atoms with Gasteiger partial charge in [-0.1, -0.05) is 35.6 Å². The number of benzene rings is 2. The molecule has 0 aliphatic carbocycles. The van der Waals surface area contributed by atoms with Crippen molar-refractivity contribution < 1.29 is 4.79 Å². The minimum atomic E-state index is -0.0798. The molecule has 0 spiro atoms. The third kappa shape index (κ3) is 4.75. The average molecular weight is 462 g/mol. The molecular formula is C26H31N5OS. The second-order valence-corrected chi connectivity index (χ2v) is 10.0. The van der Waals surface area contributed by atoms with E-state index >= 15 is 0 Å². The number of carbonyl (C=O) groups is 1. The Bertz CT molecular complexity index is 1110. The Hall–Kier alpha value is -2.90. The summed E-state index contributed by atoms with van der Waals surface area (Å²) in [5.74, 6) is 0.192. The van der Waals surface area contributed by atoms with Crippen LogP contribution >= 0.6 is 11.3 Å². The van der Waals surface area contributed by atoms with Crippen LogP contribution in [0.4, 0.5) is 22.3 Å². The summed E-state index contributed by atoms with van der Waals surface area (Å²) in [6.45, 7) is 6.72. The molecule has 33 heavy (non-hydrogen) atoms. The number of thiazole rings is 1. The first-order valence-corrected chi connectivity index (χ1v) is 12.6. The largest absolute Gasteiger partial charge is 0.382 e. The zero-order valence-electron chi connectivity index (χ0n) is 19.1. The highest BCUT2D eigenvalue weighted by Crippen LogP contribution is 2.31. The average Bonchev–Trinajstić information content (AvgIpc) is 3.50. The standard InChI is InChI=1S/C26H31N5OS/c1-18-6-2-3-7-22(18)23(32)24-25(27)29-26(33-24)28-19-8-10-20(11-9-19)31-16-12-21(13-17-31)30-14-4-5-15-30/h2-3,6-11,21H,4-5,12-17,27H2,1H3,(H,28,29). The summed E-state index contributed by atoms with van der Waals surface area (Å²) in [4.78, 5) is 23.0. The Labute approximate surface area is 199 Å². The molecule has 1 aromatic heterocycles. The molecule has 0 saturated carbocycles. The maximum absolute atomic E-state index is 12.9. The smallest absolute Gasteiger partial charge is 0.207 e. The molecule has 3 N–H and O–H groups in total. The molecular weight excluding hydrogens is 430 g/mol. The first kappa shape index (κ1) is 21.9. The van der Waals surface area contributed by atoms with Gasteiger partial charge < -0.3 is 20.9 Å². The zero-order chi connectivity index (χ0) is 22.8. The summed E-state index contributed by atoms with van der Waals surface area (Å²) < 4.78 is 0. The molecule has 6 nitrogen and oxygen atoms in total. The van der Waals surface area contributed by atoms with E-state index in [1.807, 2.05) is 31.2 Å². The maximum atomic E-state index is 12.9. The number of hydrogen-bond donors (Lipinski definition) is 2. The summed E-state index contributed by atoms with van der Waals surface area (Å²) >= 11 is 1.30. The van der Waals surface area contributed by atoms with Crippen LogP contribution in [0.25, 0.3) is 0 Å². The number of piperidine rings is 1. The lowest BCUT2D eigenvalue weighted by Crippen LogP contribution is -2.43. The van der Waals surface area contributed by atoms with Crippen molar-refractivity contribution in [3.8, 4) is 0 Å². The highest BCUT2D eigenvalue weighted by Gasteiger charge is 2.26. The number of likely N-dealkylation sites (tertiary alicyclic amines) is 1. The van der Waals surface area contributed by atoms with Crippen LogP contribution in [0.15, 0.2) is 48.5 Å². The molecule has 5 rings (SSSR count). The van der Waals surface area contributed by atoms with Crippen molar-refractivity contribution in [2.24, 2.45) is 0 Å². The highest BCUT2D eigenvalue weighted by atomic mass is 32.1. The van der Waals surface area contributed by atoms with E-state index in [2.05, 4.69) is 44.4 Å². The quantitative estimate of drug-likeness (QED) is 0.499. The lowest BCUT2D eigenvalue weighted by molar-refractivity contribution is 0.104. The fraction of sp³-hybridized carbons (Fsp3) is 0.385. The number of nitrogen functional groups attached to an aromatic ring is 1. The van der Waals surface area contributed by atoms with Crippen LogP contribution in [0, 0.1) is 6.92 Å². The van der Waals surface area contributed by atoms with E-state index in [9.17, 15) is 4.79 Å². The Morgan fingerprint density at radius 1 is 1.03 bits per heavy atom. The molecule has 2 aliphatic heterocycles. The van der Waals surface area contributed by atoms with Crippen LogP contribution in [0.5, 0.6) is 0 Å². The Kier molecular flexibility index (Phi) is 6.33. The zero-order valence-corrected chi connectivity index (χ0v) is 19.9. The number of rotatable bonds is 6. The summed E-state index contributed by atoms with van der Waals surface area (Å²) in [5, 5.41) is 3.94. The number of hydrogen-bond acceptors (Lipinski definition) is 7. The summed E-state index contributed by atoms with van der Waals surface area (Å²) in [5.41, 5.74) is 9.89. The van der Waals surface area contributed by atoms with Crippen molar-refractivity contribution in [3.05, 3.63) is 64.5 Å². The Balaban J connectivity index is 1.22. The van der Waals surface area contributed by atoms with Gasteiger partial charge in [-0.15, -0.1) is 0 Å². The highest BCUT2D eigenvalue weighted by molar-refractivity contribution is 7.18. The van der Waals surface area contributed by atoms with Crippen molar-refractivity contribution in [3.63, 3.8) is 0 Å². The molecule has 0 bridgehead atoms. The van der Waals surface area contributed by atoms with Gasteiger partial charge in [0.15, 0.2) is 5.13 Å². The van der Waals surface area contributed by atoms with Crippen molar-refractivity contribution in [2.45, 2.75) is 38.6 Å². The van der Waals surface area contributed by atoms with Gasteiger partial charge in [0.25, 0.3) is 0 Å². The van der Waals surface area contributed by atoms with E-state index in [4.69, 9.17) is 5.73 Å². The van der Waals surface area contributed by atoms with E-state index in [0.717, 1.165) is 30.4 Å². The molecule has 172 valence electrons. The first-order chi connectivity index (χ1) is 16.1. The molecule has 3 heterocycles. The minimum absolute atomic E-state index is 0.0798. The Morgan fingerprint density at radius 2 is 1.73 bits per heavy atom. The number of aromatic nitrogens is 1. The third-order valence-corrected chi connectivity index (χ3v) is 7.84. The van der Waals surface area contributed by atoms with Crippen molar-refractivity contribution in [2.75, 3.05) is 42.1 Å². The molecule has 0 amide bonds. The van der Waals surface area contributed by atoms with Gasteiger partial charge in [0.2, 0.25) is 5.78 Å². The third-order valence-electron chi connectivity index (χ3n) is 6.85. The van der Waals surface area contributed by atoms with Crippen molar-refractivity contribution in [1.29, 1.82) is 0 Å². The molecule has 0 radical (unpaired) electrons. The van der Waals surface area contributed by atoms with Crippen LogP contribution < -0.4 is 16.0 Å². The summed E-state index contributed by atoms with van der Waals surface area (Å²) in [7, 11) is 0. The number of nitrogens with one attached hydrogen (secondary N) is 1.